The molecule has 1 unspecified atom stereocenters. The summed E-state index contributed by atoms with van der Waals surface area (Å²) in [5.41, 5.74) is 7.17. The lowest BCUT2D eigenvalue weighted by molar-refractivity contribution is 0.753. The quantitative estimate of drug-likeness (QED) is 0.671. The van der Waals surface area contributed by atoms with Crippen molar-refractivity contribution in [2.24, 2.45) is 0 Å². The number of allylic oxidation sites excluding steroid dienone is 8. The van der Waals surface area contributed by atoms with Crippen molar-refractivity contribution < 1.29 is 0 Å². The van der Waals surface area contributed by atoms with Gasteiger partial charge in [-0.1, -0.05) is 71.8 Å². The van der Waals surface area contributed by atoms with E-state index in [9.17, 15) is 0 Å². The lowest BCUT2D eigenvalue weighted by Crippen LogP contribution is -2.17. The molecule has 0 heterocycles. The molecule has 0 bridgehead atoms. The third-order valence-electron chi connectivity index (χ3n) is 4.97. The summed E-state index contributed by atoms with van der Waals surface area (Å²) in [6, 6.07) is 6.92. The fourth-order valence-corrected chi connectivity index (χ4v) is 6.07. The first-order valence-corrected chi connectivity index (χ1v) is 9.70. The smallest absolute Gasteiger partial charge is 0.0612 e. The Kier molecular flexibility index (Phi) is 4.09. The normalized spacial score (nSPS) is 24.6. The number of aryl methyl sites for hydroxylation is 2. The van der Waals surface area contributed by atoms with Crippen LogP contribution in [-0.2, 0) is 0 Å². The Morgan fingerprint density at radius 2 is 1.73 bits per heavy atom. The fourth-order valence-electron chi connectivity index (χ4n) is 3.78. The second-order valence-electron chi connectivity index (χ2n) is 7.25. The van der Waals surface area contributed by atoms with Crippen molar-refractivity contribution in [2.45, 2.75) is 45.6 Å². The van der Waals surface area contributed by atoms with Crippen LogP contribution in [-0.4, -0.2) is 9.52 Å². The molecule has 0 amide bonds. The van der Waals surface area contributed by atoms with Gasteiger partial charge in [0, 0.05) is 0 Å². The lowest BCUT2D eigenvalue weighted by atomic mass is 9.98. The molecule has 0 saturated heterocycles. The van der Waals surface area contributed by atoms with Crippen LogP contribution in [0.1, 0.15) is 43.4 Å². The topological polar surface area (TPSA) is 0 Å². The molecule has 0 aromatic heterocycles. The number of benzene rings is 1. The average Bonchev–Trinajstić information content (AvgIpc) is 2.79. The van der Waals surface area contributed by atoms with Gasteiger partial charge >= 0.3 is 0 Å². The minimum absolute atomic E-state index is 0.269. The molecule has 22 heavy (non-hydrogen) atoms. The van der Waals surface area contributed by atoms with Crippen LogP contribution < -0.4 is 0 Å². The highest BCUT2D eigenvalue weighted by Crippen LogP contribution is 2.41. The predicted molar refractivity (Wildman–Crippen MR) is 101 cm³/mol. The Hall–Kier alpha value is -1.60. The van der Waals surface area contributed by atoms with E-state index in [0.29, 0.717) is 5.04 Å². The molecule has 0 fully saturated rings. The maximum absolute atomic E-state index is 2.46. The van der Waals surface area contributed by atoms with Gasteiger partial charge in [0.25, 0.3) is 0 Å². The van der Waals surface area contributed by atoms with Crippen LogP contribution in [0.15, 0.2) is 59.3 Å². The Labute approximate surface area is 137 Å². The molecular formula is C21H26Si. The summed E-state index contributed by atoms with van der Waals surface area (Å²) < 4.78 is 0. The molecule has 2 aliphatic rings. The Morgan fingerprint density at radius 3 is 2.36 bits per heavy atom. The van der Waals surface area contributed by atoms with Gasteiger partial charge in [0.05, 0.1) is 9.52 Å². The molecule has 1 aromatic carbocycles. The van der Waals surface area contributed by atoms with Crippen LogP contribution in [0.3, 0.4) is 0 Å². The molecule has 0 aliphatic heterocycles. The maximum atomic E-state index is 2.46. The average molecular weight is 307 g/mol. The second kappa shape index (κ2) is 5.89. The molecule has 1 heteroatoms. The zero-order valence-corrected chi connectivity index (χ0v) is 15.7. The highest BCUT2D eigenvalue weighted by atomic mass is 28.2. The summed E-state index contributed by atoms with van der Waals surface area (Å²) in [6.45, 7) is 9.17. The molecule has 0 radical (unpaired) electrons. The molecule has 0 nitrogen and oxygen atoms in total. The lowest BCUT2D eigenvalue weighted by Gasteiger charge is -2.27. The summed E-state index contributed by atoms with van der Waals surface area (Å²) in [6.07, 6.45) is 14.0. The van der Waals surface area contributed by atoms with Crippen molar-refractivity contribution in [3.05, 3.63) is 76.0 Å². The summed E-state index contributed by atoms with van der Waals surface area (Å²) in [4.78, 5) is 0. The van der Waals surface area contributed by atoms with E-state index in [2.05, 4.69) is 76.3 Å². The first-order valence-electron chi connectivity index (χ1n) is 8.29. The highest BCUT2D eigenvalue weighted by molar-refractivity contribution is 6.51. The van der Waals surface area contributed by atoms with Gasteiger partial charge < -0.3 is 0 Å². The minimum atomic E-state index is -0.269. The van der Waals surface area contributed by atoms with Crippen molar-refractivity contribution >= 4 is 15.1 Å². The Balaban J connectivity index is 1.86. The minimum Gasteiger partial charge on any atom is -0.0840 e. The van der Waals surface area contributed by atoms with Gasteiger partial charge in [-0.05, 0) is 55.4 Å². The summed E-state index contributed by atoms with van der Waals surface area (Å²) >= 11 is 0. The Morgan fingerprint density at radius 1 is 1.00 bits per heavy atom. The highest BCUT2D eigenvalue weighted by Gasteiger charge is 2.26. The van der Waals surface area contributed by atoms with Crippen molar-refractivity contribution in [1.82, 2.24) is 0 Å². The molecule has 0 saturated carbocycles. The first kappa shape index (κ1) is 15.3. The van der Waals surface area contributed by atoms with Crippen molar-refractivity contribution in [3.63, 3.8) is 0 Å². The van der Waals surface area contributed by atoms with E-state index in [1.54, 1.807) is 10.8 Å². The standard InChI is InChI=1S/C21H26Si/c1-15-12-16(2)14-18(13-15)19-8-9-20(17(19)3)22-21(4)10-6-5-7-11-21/h5-8,10,12-14H,9,11,22H2,1-4H3. The Bertz CT molecular complexity index is 695. The van der Waals surface area contributed by atoms with E-state index in [1.165, 1.54) is 35.1 Å². The van der Waals surface area contributed by atoms with Crippen LogP contribution >= 0.6 is 0 Å². The molecule has 114 valence electrons. The van der Waals surface area contributed by atoms with Crippen LogP contribution in [0.25, 0.3) is 5.57 Å². The number of rotatable bonds is 3. The van der Waals surface area contributed by atoms with Gasteiger partial charge in [-0.2, -0.15) is 0 Å². The molecule has 1 atom stereocenters. The first-order chi connectivity index (χ1) is 10.5. The third-order valence-corrected chi connectivity index (χ3v) is 7.54. The molecule has 3 rings (SSSR count). The second-order valence-corrected chi connectivity index (χ2v) is 10.1. The van der Waals surface area contributed by atoms with Gasteiger partial charge in [-0.25, -0.2) is 0 Å². The van der Waals surface area contributed by atoms with Crippen LogP contribution in [0, 0.1) is 13.8 Å². The van der Waals surface area contributed by atoms with Crippen LogP contribution in [0.5, 0.6) is 0 Å². The van der Waals surface area contributed by atoms with E-state index in [-0.39, 0.29) is 9.52 Å². The van der Waals surface area contributed by atoms with Crippen molar-refractivity contribution in [3.8, 4) is 0 Å². The molecule has 2 aliphatic carbocycles. The van der Waals surface area contributed by atoms with E-state index in [4.69, 9.17) is 0 Å². The molecule has 1 aromatic rings. The largest absolute Gasteiger partial charge is 0.0840 e. The fraction of sp³-hybridized carbons (Fsp3) is 0.333. The van der Waals surface area contributed by atoms with Gasteiger partial charge in [-0.3, -0.25) is 0 Å². The molecule has 0 spiro atoms. The van der Waals surface area contributed by atoms with Gasteiger partial charge in [0.1, 0.15) is 0 Å². The third kappa shape index (κ3) is 3.10. The summed E-state index contributed by atoms with van der Waals surface area (Å²) in [5.74, 6) is 0. The molecule has 0 N–H and O–H groups in total. The number of hydrogen-bond donors (Lipinski definition) is 0. The predicted octanol–water partition coefficient (Wildman–Crippen LogP) is 5.23. The van der Waals surface area contributed by atoms with E-state index >= 15 is 0 Å². The van der Waals surface area contributed by atoms with E-state index in [0.717, 1.165) is 0 Å². The van der Waals surface area contributed by atoms with Crippen LogP contribution in [0.4, 0.5) is 0 Å². The van der Waals surface area contributed by atoms with E-state index < -0.39 is 0 Å². The van der Waals surface area contributed by atoms with Gasteiger partial charge in [-0.15, -0.1) is 0 Å². The summed E-state index contributed by atoms with van der Waals surface area (Å²) in [5, 5.41) is 2.17. The van der Waals surface area contributed by atoms with Crippen LogP contribution in [0.2, 0.25) is 5.04 Å². The monoisotopic (exact) mass is 306 g/mol. The van der Waals surface area contributed by atoms with Gasteiger partial charge in [0.2, 0.25) is 0 Å². The van der Waals surface area contributed by atoms with Crippen molar-refractivity contribution in [1.29, 1.82) is 0 Å². The van der Waals surface area contributed by atoms with Crippen molar-refractivity contribution in [2.75, 3.05) is 0 Å². The zero-order valence-electron chi connectivity index (χ0n) is 14.2. The van der Waals surface area contributed by atoms with Gasteiger partial charge in [0.15, 0.2) is 0 Å². The number of hydrogen-bond acceptors (Lipinski definition) is 0. The molecular weight excluding hydrogens is 280 g/mol. The SMILES string of the molecule is CC1=C([SiH2]C2(C)C=CC=CC2)CC=C1c1cc(C)cc(C)c1. The maximum Gasteiger partial charge on any atom is 0.0612 e. The summed E-state index contributed by atoms with van der Waals surface area (Å²) in [7, 11) is -0.269. The van der Waals surface area contributed by atoms with E-state index in [1.807, 2.05) is 0 Å². The zero-order chi connectivity index (χ0) is 15.7.